The summed E-state index contributed by atoms with van der Waals surface area (Å²) in [5.41, 5.74) is 2.37. The van der Waals surface area contributed by atoms with Gasteiger partial charge in [0.25, 0.3) is 11.1 Å². The minimum Gasteiger partial charge on any atom is -0.290 e. The van der Waals surface area contributed by atoms with E-state index >= 15 is 0 Å². The van der Waals surface area contributed by atoms with E-state index in [1.54, 1.807) is 13.0 Å². The molecule has 4 rings (SSSR count). The maximum absolute atomic E-state index is 13.6. The van der Waals surface area contributed by atoms with Gasteiger partial charge in [-0.2, -0.15) is 0 Å². The minimum atomic E-state index is -0.444. The Labute approximate surface area is 147 Å². The number of pyridine rings is 1. The van der Waals surface area contributed by atoms with Crippen LogP contribution in [0.2, 0.25) is 0 Å². The van der Waals surface area contributed by atoms with Gasteiger partial charge in [-0.15, -0.1) is 0 Å². The topological polar surface area (TPSA) is 59.8 Å². The summed E-state index contributed by atoms with van der Waals surface area (Å²) >= 11 is 0. The second-order valence-electron chi connectivity index (χ2n) is 6.21. The fourth-order valence-electron chi connectivity index (χ4n) is 3.29. The number of H-pyrrole nitrogens is 1. The Bertz CT molecular complexity index is 1260. The number of rotatable bonds is 2. The predicted molar refractivity (Wildman–Crippen MR) is 98.9 cm³/mol. The number of aromatic nitrogens is 3. The second kappa shape index (κ2) is 5.84. The van der Waals surface area contributed by atoms with Crippen LogP contribution in [0.15, 0.2) is 64.2 Å². The zero-order valence-electron chi connectivity index (χ0n) is 14.3. The summed E-state index contributed by atoms with van der Waals surface area (Å²) in [7, 11) is 0. The highest BCUT2D eigenvalue weighted by Gasteiger charge is 2.16. The summed E-state index contributed by atoms with van der Waals surface area (Å²) < 4.78 is 16.4. The normalized spacial score (nSPS) is 11.2. The lowest BCUT2D eigenvalue weighted by Gasteiger charge is -2.10. The Balaban J connectivity index is 2.05. The number of hydrogen-bond acceptors (Lipinski definition) is 2. The average Bonchev–Trinajstić information content (AvgIpc) is 2.92. The van der Waals surface area contributed by atoms with Crippen molar-refractivity contribution in [3.8, 4) is 11.4 Å². The summed E-state index contributed by atoms with van der Waals surface area (Å²) in [6.07, 6.45) is 0. The monoisotopic (exact) mass is 349 g/mol. The van der Waals surface area contributed by atoms with Crippen LogP contribution in [-0.2, 0) is 0 Å². The Kier molecular flexibility index (Phi) is 3.61. The first-order chi connectivity index (χ1) is 12.5. The molecule has 5 nitrogen and oxygen atoms in total. The Morgan fingerprint density at radius 3 is 2.46 bits per heavy atom. The van der Waals surface area contributed by atoms with Crippen LogP contribution in [0.25, 0.3) is 22.3 Å². The van der Waals surface area contributed by atoms with Crippen molar-refractivity contribution in [1.29, 1.82) is 0 Å². The van der Waals surface area contributed by atoms with Crippen molar-refractivity contribution in [3.63, 3.8) is 0 Å². The highest BCUT2D eigenvalue weighted by molar-refractivity contribution is 5.81. The summed E-state index contributed by atoms with van der Waals surface area (Å²) in [4.78, 5) is 25.6. The van der Waals surface area contributed by atoms with Gasteiger partial charge in [0.15, 0.2) is 0 Å². The highest BCUT2D eigenvalue weighted by atomic mass is 19.1. The van der Waals surface area contributed by atoms with Crippen molar-refractivity contribution in [2.45, 2.75) is 13.8 Å². The quantitative estimate of drug-likeness (QED) is 0.604. The first kappa shape index (κ1) is 16.1. The molecule has 1 N–H and O–H groups in total. The van der Waals surface area contributed by atoms with Gasteiger partial charge in [-0.05, 0) is 43.7 Å². The van der Waals surface area contributed by atoms with Crippen LogP contribution in [0, 0.1) is 19.7 Å². The fourth-order valence-corrected chi connectivity index (χ4v) is 3.29. The number of nitrogens with zero attached hydrogens (tertiary/aromatic N) is 2. The molecule has 0 saturated carbocycles. The number of hydrogen-bond donors (Lipinski definition) is 1. The van der Waals surface area contributed by atoms with Gasteiger partial charge in [0.05, 0.1) is 22.3 Å². The van der Waals surface area contributed by atoms with E-state index < -0.39 is 5.82 Å². The first-order valence-corrected chi connectivity index (χ1v) is 8.16. The van der Waals surface area contributed by atoms with Crippen molar-refractivity contribution < 1.29 is 4.39 Å². The van der Waals surface area contributed by atoms with E-state index in [0.29, 0.717) is 22.3 Å². The number of benzene rings is 2. The van der Waals surface area contributed by atoms with Gasteiger partial charge in [-0.1, -0.05) is 24.3 Å². The number of halogens is 1. The van der Waals surface area contributed by atoms with Gasteiger partial charge in [0.1, 0.15) is 5.82 Å². The van der Waals surface area contributed by atoms with Gasteiger partial charge in [-0.25, -0.2) is 9.07 Å². The molecule has 0 bridgehead atoms. The molecular formula is C20H16FN3O2. The zero-order chi connectivity index (χ0) is 18.4. The molecule has 2 aromatic carbocycles. The molecule has 4 aromatic rings. The lowest BCUT2D eigenvalue weighted by Crippen LogP contribution is -2.22. The largest absolute Gasteiger partial charge is 0.290 e. The van der Waals surface area contributed by atoms with Gasteiger partial charge >= 0.3 is 0 Å². The molecule has 0 radical (unpaired) electrons. The molecule has 130 valence electrons. The van der Waals surface area contributed by atoms with Crippen LogP contribution in [0.4, 0.5) is 4.39 Å². The third-order valence-corrected chi connectivity index (χ3v) is 4.53. The molecule has 0 saturated heterocycles. The number of para-hydroxylation sites is 1. The molecule has 0 fully saturated rings. The minimum absolute atomic E-state index is 0.253. The van der Waals surface area contributed by atoms with E-state index in [4.69, 9.17) is 0 Å². The highest BCUT2D eigenvalue weighted by Crippen LogP contribution is 2.18. The molecule has 6 heteroatoms. The van der Waals surface area contributed by atoms with Crippen LogP contribution >= 0.6 is 0 Å². The fraction of sp³-hybridized carbons (Fsp3) is 0.100. The van der Waals surface area contributed by atoms with Gasteiger partial charge in [0.2, 0.25) is 0 Å². The average molecular weight is 349 g/mol. The van der Waals surface area contributed by atoms with Crippen molar-refractivity contribution in [1.82, 2.24) is 14.3 Å². The molecule has 2 heterocycles. The van der Waals surface area contributed by atoms with Crippen LogP contribution in [0.5, 0.6) is 0 Å². The van der Waals surface area contributed by atoms with E-state index in [0.717, 1.165) is 11.3 Å². The van der Waals surface area contributed by atoms with E-state index in [9.17, 15) is 14.0 Å². The molecule has 0 unspecified atom stereocenters. The van der Waals surface area contributed by atoms with Gasteiger partial charge in [-0.3, -0.25) is 19.3 Å². The van der Waals surface area contributed by atoms with Crippen molar-refractivity contribution >= 4 is 10.9 Å². The molecule has 0 aliphatic carbocycles. The summed E-state index contributed by atoms with van der Waals surface area (Å²) in [5.74, 6) is -0.444. The second-order valence-corrected chi connectivity index (χ2v) is 6.21. The Morgan fingerprint density at radius 1 is 0.962 bits per heavy atom. The van der Waals surface area contributed by atoms with Crippen LogP contribution < -0.4 is 11.1 Å². The van der Waals surface area contributed by atoms with E-state index in [1.165, 1.54) is 33.5 Å². The third-order valence-electron chi connectivity index (χ3n) is 4.53. The molecule has 0 amide bonds. The van der Waals surface area contributed by atoms with Crippen LogP contribution in [-0.4, -0.2) is 14.3 Å². The molecule has 0 atom stereocenters. The Hall–Kier alpha value is -3.41. The molecule has 26 heavy (non-hydrogen) atoms. The summed E-state index contributed by atoms with van der Waals surface area (Å²) in [6, 6.07) is 14.6. The zero-order valence-corrected chi connectivity index (χ0v) is 14.3. The molecule has 0 aliphatic rings. The predicted octanol–water partition coefficient (Wildman–Crippen LogP) is 3.23. The summed E-state index contributed by atoms with van der Waals surface area (Å²) in [5, 5.41) is 3.41. The van der Waals surface area contributed by atoms with Crippen molar-refractivity contribution in [2.75, 3.05) is 0 Å². The number of aryl methyl sites for hydroxylation is 2. The Morgan fingerprint density at radius 2 is 1.73 bits per heavy atom. The molecule has 0 spiro atoms. The van der Waals surface area contributed by atoms with Crippen LogP contribution in [0.1, 0.15) is 11.3 Å². The SMILES string of the molecule is Cc1ccccc1-n1[nH]c2cc(=O)n(-c3cccc(F)c3)c(C)c2c1=O. The standard InChI is InChI=1S/C20H16FN3O2/c1-12-6-3-4-9-17(12)24-20(26)19-13(2)23(18(25)11-16(19)22-24)15-8-5-7-14(21)10-15/h3-11,22H,1-2H3. The molecule has 0 aliphatic heterocycles. The summed E-state index contributed by atoms with van der Waals surface area (Å²) in [6.45, 7) is 3.60. The third kappa shape index (κ3) is 2.38. The van der Waals surface area contributed by atoms with Gasteiger partial charge in [0, 0.05) is 11.8 Å². The maximum atomic E-state index is 13.6. The van der Waals surface area contributed by atoms with E-state index in [1.807, 2.05) is 31.2 Å². The number of aromatic amines is 1. The number of fused-ring (bicyclic) bond motifs is 1. The number of nitrogens with one attached hydrogen (secondary N) is 1. The molecule has 2 aromatic heterocycles. The van der Waals surface area contributed by atoms with Crippen molar-refractivity contribution in [3.05, 3.63) is 92.4 Å². The van der Waals surface area contributed by atoms with E-state index in [-0.39, 0.29) is 11.1 Å². The van der Waals surface area contributed by atoms with Crippen molar-refractivity contribution in [2.24, 2.45) is 0 Å². The van der Waals surface area contributed by atoms with Crippen LogP contribution in [0.3, 0.4) is 0 Å². The first-order valence-electron chi connectivity index (χ1n) is 8.16. The maximum Gasteiger partial charge on any atom is 0.280 e. The van der Waals surface area contributed by atoms with Gasteiger partial charge < -0.3 is 0 Å². The lowest BCUT2D eigenvalue weighted by molar-refractivity contribution is 0.626. The molecular weight excluding hydrogens is 333 g/mol. The lowest BCUT2D eigenvalue weighted by atomic mass is 10.2. The van der Waals surface area contributed by atoms with E-state index in [2.05, 4.69) is 5.10 Å². The smallest absolute Gasteiger partial charge is 0.280 e.